The first-order valence-corrected chi connectivity index (χ1v) is 10.8. The van der Waals surface area contributed by atoms with Crippen LogP contribution in [0.25, 0.3) is 0 Å². The molecule has 0 aliphatic carbocycles. The van der Waals surface area contributed by atoms with Gasteiger partial charge in [0.25, 0.3) is 0 Å². The van der Waals surface area contributed by atoms with E-state index in [4.69, 9.17) is 5.73 Å². The minimum atomic E-state index is -4.73. The van der Waals surface area contributed by atoms with Gasteiger partial charge in [-0.3, -0.25) is 5.10 Å². The smallest absolute Gasteiger partial charge is 0.406 e. The number of rotatable bonds is 3. The summed E-state index contributed by atoms with van der Waals surface area (Å²) in [7, 11) is 0. The van der Waals surface area contributed by atoms with E-state index in [1.54, 1.807) is 12.1 Å². The molecule has 2 saturated heterocycles. The average Bonchev–Trinajstić information content (AvgIpc) is 3.19. The van der Waals surface area contributed by atoms with E-state index in [0.717, 1.165) is 36.2 Å². The van der Waals surface area contributed by atoms with Crippen LogP contribution in [0.5, 0.6) is 5.75 Å². The maximum absolute atomic E-state index is 13.3. The Hall–Kier alpha value is -2.75. The van der Waals surface area contributed by atoms with E-state index in [2.05, 4.69) is 14.9 Å². The van der Waals surface area contributed by atoms with Gasteiger partial charge in [-0.1, -0.05) is 12.1 Å². The van der Waals surface area contributed by atoms with Gasteiger partial charge in [-0.05, 0) is 49.9 Å². The van der Waals surface area contributed by atoms with Crippen molar-refractivity contribution in [1.82, 2.24) is 20.0 Å². The normalized spacial score (nSPS) is 22.8. The first-order valence-electron chi connectivity index (χ1n) is 10.8. The summed E-state index contributed by atoms with van der Waals surface area (Å²) >= 11 is 0. The van der Waals surface area contributed by atoms with E-state index in [0.29, 0.717) is 26.2 Å². The maximum atomic E-state index is 13.3. The van der Waals surface area contributed by atoms with Gasteiger partial charge in [0.05, 0.1) is 5.69 Å². The molecule has 0 saturated carbocycles. The molecule has 10 heteroatoms. The van der Waals surface area contributed by atoms with Crippen LogP contribution >= 0.6 is 0 Å². The molecule has 0 spiro atoms. The number of nitrogens with two attached hydrogens (primary N) is 1. The van der Waals surface area contributed by atoms with Crippen molar-refractivity contribution in [3.8, 4) is 5.75 Å². The van der Waals surface area contributed by atoms with Crippen molar-refractivity contribution < 1.29 is 22.7 Å². The van der Waals surface area contributed by atoms with Gasteiger partial charge in [0, 0.05) is 49.8 Å². The van der Waals surface area contributed by atoms with Gasteiger partial charge in [-0.2, -0.15) is 5.10 Å². The summed E-state index contributed by atoms with van der Waals surface area (Å²) in [5.41, 5.74) is 8.69. The second kappa shape index (κ2) is 9.01. The number of carbonyl (C=O) groups excluding carboxylic acids is 1. The summed E-state index contributed by atoms with van der Waals surface area (Å²) in [4.78, 5) is 17.0. The van der Waals surface area contributed by atoms with E-state index >= 15 is 0 Å². The number of nitrogens with zero attached hydrogens (tertiary/aromatic N) is 3. The quantitative estimate of drug-likeness (QED) is 0.745. The molecule has 2 amide bonds. The Kier molecular flexibility index (Phi) is 6.32. The number of ether oxygens (including phenoxy) is 1. The molecule has 1 aromatic heterocycles. The van der Waals surface area contributed by atoms with Crippen molar-refractivity contribution in [3.63, 3.8) is 0 Å². The Labute approximate surface area is 184 Å². The SMILES string of the molecule is Cc1cc(C2CC(c3ccc(OC(F)(F)F)cc3)CN(C(=O)N3CCC(N)CC3)C2)n[nH]1. The largest absolute Gasteiger partial charge is 0.573 e. The fraction of sp³-hybridized carbons (Fsp3) is 0.545. The number of aromatic amines is 1. The molecule has 174 valence electrons. The number of urea groups is 1. The molecule has 2 aliphatic heterocycles. The molecule has 2 fully saturated rings. The van der Waals surface area contributed by atoms with Gasteiger partial charge in [0.2, 0.25) is 0 Å². The van der Waals surface area contributed by atoms with Crippen LogP contribution in [0.1, 0.15) is 48.0 Å². The van der Waals surface area contributed by atoms with Crippen LogP contribution in [0.3, 0.4) is 0 Å². The van der Waals surface area contributed by atoms with Crippen molar-refractivity contribution in [2.45, 2.75) is 50.4 Å². The molecule has 3 N–H and O–H groups in total. The van der Waals surface area contributed by atoms with Crippen molar-refractivity contribution in [2.75, 3.05) is 26.2 Å². The lowest BCUT2D eigenvalue weighted by molar-refractivity contribution is -0.274. The predicted octanol–water partition coefficient (Wildman–Crippen LogP) is 3.73. The topological polar surface area (TPSA) is 87.5 Å². The van der Waals surface area contributed by atoms with Crippen LogP contribution in [0.4, 0.5) is 18.0 Å². The molecule has 7 nitrogen and oxygen atoms in total. The number of aromatic nitrogens is 2. The van der Waals surface area contributed by atoms with Crippen LogP contribution in [0, 0.1) is 6.92 Å². The van der Waals surface area contributed by atoms with Crippen LogP contribution < -0.4 is 10.5 Å². The lowest BCUT2D eigenvalue weighted by Crippen LogP contribution is -2.52. The molecule has 2 aliphatic rings. The zero-order valence-corrected chi connectivity index (χ0v) is 17.9. The van der Waals surface area contributed by atoms with E-state index in [9.17, 15) is 18.0 Å². The highest BCUT2D eigenvalue weighted by atomic mass is 19.4. The third kappa shape index (κ3) is 5.35. The number of piperidine rings is 2. The van der Waals surface area contributed by atoms with E-state index < -0.39 is 6.36 Å². The molecule has 2 aromatic rings. The van der Waals surface area contributed by atoms with Crippen molar-refractivity contribution >= 4 is 6.03 Å². The summed E-state index contributed by atoms with van der Waals surface area (Å²) in [6.07, 6.45) is -2.41. The summed E-state index contributed by atoms with van der Waals surface area (Å²) in [5, 5.41) is 7.36. The number of likely N-dealkylation sites (tertiary alicyclic amines) is 2. The molecule has 0 bridgehead atoms. The van der Waals surface area contributed by atoms with Crippen LogP contribution in [0.15, 0.2) is 30.3 Å². The number of benzene rings is 1. The second-order valence-corrected chi connectivity index (χ2v) is 8.73. The Morgan fingerprint density at radius 2 is 1.78 bits per heavy atom. The molecule has 2 atom stereocenters. The standard InChI is InChI=1S/C22H28F3N5O2/c1-14-10-20(28-27-14)17-11-16(15-2-4-19(5-3-15)32-22(23,24)25)12-30(13-17)21(31)29-8-6-18(26)7-9-29/h2-5,10,16-18H,6-9,11-13,26H2,1H3,(H,27,28). The predicted molar refractivity (Wildman–Crippen MR) is 112 cm³/mol. The number of hydrogen-bond donors (Lipinski definition) is 2. The number of halogens is 3. The number of amides is 2. The summed E-state index contributed by atoms with van der Waals surface area (Å²) in [6.45, 7) is 4.25. The first kappa shape index (κ1) is 22.4. The van der Waals surface area contributed by atoms with E-state index in [-0.39, 0.29) is 29.7 Å². The monoisotopic (exact) mass is 451 g/mol. The number of nitrogens with one attached hydrogen (secondary N) is 1. The summed E-state index contributed by atoms with van der Waals surface area (Å²) in [5.74, 6) is -0.253. The van der Waals surface area contributed by atoms with Gasteiger partial charge in [-0.25, -0.2) is 4.79 Å². The fourth-order valence-corrected chi connectivity index (χ4v) is 4.59. The van der Waals surface area contributed by atoms with Crippen molar-refractivity contribution in [2.24, 2.45) is 5.73 Å². The van der Waals surface area contributed by atoms with Crippen molar-refractivity contribution in [3.05, 3.63) is 47.3 Å². The molecule has 0 radical (unpaired) electrons. The highest BCUT2D eigenvalue weighted by Crippen LogP contribution is 2.37. The van der Waals surface area contributed by atoms with Crippen LogP contribution in [-0.2, 0) is 0 Å². The van der Waals surface area contributed by atoms with E-state index in [1.165, 1.54) is 12.1 Å². The Morgan fingerprint density at radius 3 is 2.38 bits per heavy atom. The highest BCUT2D eigenvalue weighted by molar-refractivity contribution is 5.75. The van der Waals surface area contributed by atoms with Gasteiger partial charge in [-0.15, -0.1) is 13.2 Å². The molecular formula is C22H28F3N5O2. The van der Waals surface area contributed by atoms with E-state index in [1.807, 2.05) is 22.8 Å². The summed E-state index contributed by atoms with van der Waals surface area (Å²) < 4.78 is 41.5. The maximum Gasteiger partial charge on any atom is 0.573 e. The molecule has 32 heavy (non-hydrogen) atoms. The zero-order valence-electron chi connectivity index (χ0n) is 17.9. The molecule has 4 rings (SSSR count). The number of aryl methyl sites for hydroxylation is 1. The number of alkyl halides is 3. The minimum absolute atomic E-state index is 0.0177. The van der Waals surface area contributed by atoms with Gasteiger partial charge in [0.15, 0.2) is 0 Å². The Morgan fingerprint density at radius 1 is 1.12 bits per heavy atom. The second-order valence-electron chi connectivity index (χ2n) is 8.73. The highest BCUT2D eigenvalue weighted by Gasteiger charge is 2.36. The lowest BCUT2D eigenvalue weighted by Gasteiger charge is -2.41. The Bertz CT molecular complexity index is 922. The first-order chi connectivity index (χ1) is 15.2. The molecule has 3 heterocycles. The Balaban J connectivity index is 1.54. The molecule has 2 unspecified atom stereocenters. The number of hydrogen-bond acceptors (Lipinski definition) is 4. The van der Waals surface area contributed by atoms with Crippen LogP contribution in [0.2, 0.25) is 0 Å². The summed E-state index contributed by atoms with van der Waals surface area (Å²) in [6, 6.07) is 8.03. The van der Waals surface area contributed by atoms with Crippen LogP contribution in [-0.4, -0.2) is 64.6 Å². The zero-order chi connectivity index (χ0) is 22.9. The van der Waals surface area contributed by atoms with Gasteiger partial charge in [0.1, 0.15) is 5.75 Å². The molecule has 1 aromatic carbocycles. The van der Waals surface area contributed by atoms with Gasteiger partial charge >= 0.3 is 12.4 Å². The van der Waals surface area contributed by atoms with Crippen molar-refractivity contribution in [1.29, 1.82) is 0 Å². The fourth-order valence-electron chi connectivity index (χ4n) is 4.59. The lowest BCUT2D eigenvalue weighted by atomic mass is 9.83. The minimum Gasteiger partial charge on any atom is -0.406 e. The average molecular weight is 451 g/mol. The molecular weight excluding hydrogens is 423 g/mol. The number of carbonyl (C=O) groups is 1. The third-order valence-electron chi connectivity index (χ3n) is 6.26. The third-order valence-corrected chi connectivity index (χ3v) is 6.26. The number of H-pyrrole nitrogens is 1. The van der Waals surface area contributed by atoms with Gasteiger partial charge < -0.3 is 20.3 Å².